The molecule has 0 aliphatic carbocycles. The topological polar surface area (TPSA) is 48.2 Å². The van der Waals surface area contributed by atoms with E-state index >= 15 is 0 Å². The predicted octanol–water partition coefficient (Wildman–Crippen LogP) is -2.09. The van der Waals surface area contributed by atoms with Crippen molar-refractivity contribution in [1.29, 1.82) is 0 Å². The molecular weight excluding hydrogens is 181 g/mol. The molecule has 1 aliphatic rings. The summed E-state index contributed by atoms with van der Waals surface area (Å²) < 4.78 is 20.8. The van der Waals surface area contributed by atoms with E-state index in [1.54, 1.807) is 5.41 Å². The molecule has 1 atom stereocenters. The zero-order chi connectivity index (χ0) is 6.91. The number of hydrogen-bond acceptors (Lipinski definition) is 3. The molecule has 0 aromatic heterocycles. The molecule has 6 heteroatoms. The largest absolute Gasteiger partial charge is 1.00 e. The molecule has 0 spiro atoms. The van der Waals surface area contributed by atoms with Crippen molar-refractivity contribution in [2.24, 2.45) is 0 Å². The first kappa shape index (κ1) is 10.8. The summed E-state index contributed by atoms with van der Waals surface area (Å²) in [4.78, 5) is 0. The summed E-state index contributed by atoms with van der Waals surface area (Å²) in [7, 11) is -2.97. The van der Waals surface area contributed by atoms with E-state index in [4.69, 9.17) is 0 Å². The van der Waals surface area contributed by atoms with Crippen LogP contribution in [0.15, 0.2) is 11.6 Å². The van der Waals surface area contributed by atoms with Gasteiger partial charge in [-0.2, -0.15) is 6.20 Å². The Morgan fingerprint density at radius 1 is 1.60 bits per heavy atom. The van der Waals surface area contributed by atoms with E-state index in [9.17, 15) is 8.42 Å². The van der Waals surface area contributed by atoms with Crippen LogP contribution in [0.1, 0.15) is 0 Å². The van der Waals surface area contributed by atoms with Gasteiger partial charge in [-0.15, -0.1) is 11.8 Å². The molecule has 0 saturated heterocycles. The second-order valence-corrected chi connectivity index (χ2v) is 5.10. The number of sulfone groups is 1. The average molecular weight is 187 g/mol. The van der Waals surface area contributed by atoms with E-state index in [1.165, 1.54) is 24.2 Å². The first-order valence-electron chi connectivity index (χ1n) is 2.30. The van der Waals surface area contributed by atoms with Crippen molar-refractivity contribution < 1.29 is 38.0 Å². The molecule has 1 aliphatic heterocycles. The van der Waals surface area contributed by atoms with Crippen LogP contribution in [0.2, 0.25) is 0 Å². The molecule has 1 unspecified atom stereocenters. The van der Waals surface area contributed by atoms with Crippen LogP contribution < -0.4 is 29.6 Å². The van der Waals surface area contributed by atoms with Crippen LogP contribution in [0, 0.1) is 0 Å². The van der Waals surface area contributed by atoms with Crippen molar-refractivity contribution in [2.75, 3.05) is 6.26 Å². The SMILES string of the molecule is CS(=O)(=O)C1[N-]C=CS1.[Na+]. The zero-order valence-corrected chi connectivity index (χ0v) is 9.45. The summed E-state index contributed by atoms with van der Waals surface area (Å²) in [5.74, 6) is 0. The van der Waals surface area contributed by atoms with Crippen molar-refractivity contribution in [1.82, 2.24) is 0 Å². The van der Waals surface area contributed by atoms with Gasteiger partial charge in [0.25, 0.3) is 0 Å². The summed E-state index contributed by atoms with van der Waals surface area (Å²) in [5, 5.41) is 5.37. The van der Waals surface area contributed by atoms with E-state index in [0.29, 0.717) is 0 Å². The quantitative estimate of drug-likeness (QED) is 0.442. The summed E-state index contributed by atoms with van der Waals surface area (Å²) >= 11 is 1.21. The minimum atomic E-state index is -2.97. The molecule has 3 nitrogen and oxygen atoms in total. The Labute approximate surface area is 86.9 Å². The smallest absolute Gasteiger partial charge is 0.666 e. The van der Waals surface area contributed by atoms with Gasteiger partial charge in [0.15, 0.2) is 0 Å². The minimum Gasteiger partial charge on any atom is -0.666 e. The van der Waals surface area contributed by atoms with E-state index < -0.39 is 14.5 Å². The van der Waals surface area contributed by atoms with Gasteiger partial charge in [-0.25, -0.2) is 8.42 Å². The molecule has 1 heterocycles. The maximum atomic E-state index is 10.7. The van der Waals surface area contributed by atoms with Gasteiger partial charge in [0.05, 0.1) is 0 Å². The van der Waals surface area contributed by atoms with Crippen LogP contribution in [0.5, 0.6) is 0 Å². The van der Waals surface area contributed by atoms with Gasteiger partial charge in [-0.3, -0.25) is 0 Å². The van der Waals surface area contributed by atoms with Crippen molar-refractivity contribution in [3.05, 3.63) is 16.9 Å². The molecule has 10 heavy (non-hydrogen) atoms. The van der Waals surface area contributed by atoms with E-state index in [-0.39, 0.29) is 29.6 Å². The molecule has 0 amide bonds. The Morgan fingerprint density at radius 2 is 2.20 bits per heavy atom. The monoisotopic (exact) mass is 187 g/mol. The first-order chi connectivity index (χ1) is 4.11. The van der Waals surface area contributed by atoms with E-state index in [2.05, 4.69) is 5.32 Å². The molecule has 0 N–H and O–H groups in total. The van der Waals surface area contributed by atoms with Gasteiger partial charge in [-0.05, 0) is 0 Å². The number of nitrogens with zero attached hydrogens (tertiary/aromatic N) is 1. The predicted molar refractivity (Wildman–Crippen MR) is 38.7 cm³/mol. The van der Waals surface area contributed by atoms with Crippen molar-refractivity contribution in [3.63, 3.8) is 0 Å². The van der Waals surface area contributed by atoms with Gasteiger partial charge in [0.1, 0.15) is 9.84 Å². The number of rotatable bonds is 1. The maximum Gasteiger partial charge on any atom is 1.00 e. The summed E-state index contributed by atoms with van der Waals surface area (Å²) in [5.41, 5.74) is 0. The first-order valence-corrected chi connectivity index (χ1v) is 5.20. The fourth-order valence-corrected chi connectivity index (χ4v) is 2.16. The van der Waals surface area contributed by atoms with Crippen LogP contribution in [-0.2, 0) is 9.84 Å². The van der Waals surface area contributed by atoms with Crippen LogP contribution in [0.3, 0.4) is 0 Å². The molecule has 0 aromatic carbocycles. The summed E-state index contributed by atoms with van der Waals surface area (Å²) in [6.45, 7) is 0. The molecule has 1 rings (SSSR count). The Morgan fingerprint density at radius 3 is 2.40 bits per heavy atom. The second-order valence-electron chi connectivity index (χ2n) is 1.71. The van der Waals surface area contributed by atoms with Crippen molar-refractivity contribution in [3.8, 4) is 0 Å². The van der Waals surface area contributed by atoms with Crippen LogP contribution in [-0.4, -0.2) is 19.4 Å². The third-order valence-corrected chi connectivity index (χ3v) is 3.70. The van der Waals surface area contributed by atoms with Crippen LogP contribution in [0.4, 0.5) is 0 Å². The van der Waals surface area contributed by atoms with Gasteiger partial charge in [0.2, 0.25) is 0 Å². The van der Waals surface area contributed by atoms with E-state index in [1.807, 2.05) is 0 Å². The summed E-state index contributed by atoms with van der Waals surface area (Å²) in [6.07, 6.45) is 2.69. The van der Waals surface area contributed by atoms with Crippen molar-refractivity contribution in [2.45, 2.75) is 4.71 Å². The fraction of sp³-hybridized carbons (Fsp3) is 0.500. The Bertz CT molecular complexity index is 215. The molecule has 0 aromatic rings. The summed E-state index contributed by atoms with van der Waals surface area (Å²) in [6, 6.07) is 0. The second kappa shape index (κ2) is 4.01. The average Bonchev–Trinajstić information content (AvgIpc) is 2.08. The van der Waals surface area contributed by atoms with Crippen LogP contribution >= 0.6 is 11.8 Å². The van der Waals surface area contributed by atoms with Crippen molar-refractivity contribution >= 4 is 21.6 Å². The van der Waals surface area contributed by atoms with Gasteiger partial charge in [-0.1, -0.05) is 5.41 Å². The minimum absolute atomic E-state index is 0. The van der Waals surface area contributed by atoms with Gasteiger partial charge >= 0.3 is 29.6 Å². The number of hydrogen-bond donors (Lipinski definition) is 0. The number of thioether (sulfide) groups is 1. The van der Waals surface area contributed by atoms with Gasteiger partial charge < -0.3 is 5.32 Å². The molecule has 52 valence electrons. The van der Waals surface area contributed by atoms with Crippen LogP contribution in [0.25, 0.3) is 5.32 Å². The zero-order valence-electron chi connectivity index (χ0n) is 5.81. The fourth-order valence-electron chi connectivity index (χ4n) is 0.454. The molecule has 0 radical (unpaired) electrons. The molecule has 0 saturated carbocycles. The van der Waals surface area contributed by atoms with E-state index in [0.717, 1.165) is 0 Å². The molecular formula is C4H6NNaO2S2. The molecule has 0 fully saturated rings. The molecule has 0 bridgehead atoms. The third kappa shape index (κ3) is 2.84. The third-order valence-electron chi connectivity index (χ3n) is 0.830. The Balaban J connectivity index is 0.000000810. The Hall–Kier alpha value is 0.840. The Kier molecular flexibility index (Phi) is 4.35. The van der Waals surface area contributed by atoms with Gasteiger partial charge in [0, 0.05) is 11.0 Å². The normalized spacial score (nSPS) is 23.5. The standard InChI is InChI=1S/C4H6NO2S2.Na/c1-9(6,7)4-5-2-3-8-4;/h2-4H,1H3;/q-1;+1. The maximum absolute atomic E-state index is 10.7.